The molecule has 0 aromatic heterocycles. The molecule has 2 aliphatic heterocycles. The maximum Gasteiger partial charge on any atom is 0.306 e. The lowest BCUT2D eigenvalue weighted by molar-refractivity contribution is -0.332. The molecule has 0 aromatic carbocycles. The molecule has 0 aliphatic carbocycles. The number of carbonyl (C=O) groups is 1. The maximum absolute atomic E-state index is 12.9. The summed E-state index contributed by atoms with van der Waals surface area (Å²) in [5.74, 6) is -0.402. The van der Waals surface area contributed by atoms with Crippen molar-refractivity contribution in [3.63, 3.8) is 0 Å². The lowest BCUT2D eigenvalue weighted by atomic mass is 9.98. The van der Waals surface area contributed by atoms with Gasteiger partial charge in [-0.3, -0.25) is 4.79 Å². The molecule has 14 nitrogen and oxygen atoms in total. The van der Waals surface area contributed by atoms with Crippen molar-refractivity contribution in [3.8, 4) is 0 Å². The maximum atomic E-state index is 12.9. The first-order valence-corrected chi connectivity index (χ1v) is 22.9. The molecule has 352 valence electrons. The number of esters is 1. The number of hydrogen-bond acceptors (Lipinski definition) is 14. The molecule has 0 spiro atoms. The van der Waals surface area contributed by atoms with E-state index in [1.807, 2.05) is 0 Å². The number of hydrogen-bond donors (Lipinski definition) is 7. The van der Waals surface area contributed by atoms with Crippen molar-refractivity contribution in [2.75, 3.05) is 33.0 Å². The minimum Gasteiger partial charge on any atom is -0.457 e. The van der Waals surface area contributed by atoms with Gasteiger partial charge in [-0.2, -0.15) is 0 Å². The Hall–Kier alpha value is -2.31. The van der Waals surface area contributed by atoms with Crippen molar-refractivity contribution in [2.24, 2.45) is 0 Å². The summed E-state index contributed by atoms with van der Waals surface area (Å²) in [6.45, 7) is 3.40. The zero-order chi connectivity index (χ0) is 44.5. The molecular formula is C47H80O14. The molecule has 11 atom stereocenters. The Morgan fingerprint density at radius 3 is 1.69 bits per heavy atom. The minimum absolute atomic E-state index is 0.0338. The number of unbranched alkanes of at least 4 members (excludes halogenated alkanes) is 10. The predicted octanol–water partition coefficient (Wildman–Crippen LogP) is 5.40. The van der Waals surface area contributed by atoms with Gasteiger partial charge in [-0.1, -0.05) is 113 Å². The van der Waals surface area contributed by atoms with Gasteiger partial charge in [0.25, 0.3) is 0 Å². The highest BCUT2D eigenvalue weighted by molar-refractivity contribution is 5.69. The number of aliphatic hydroxyl groups excluding tert-OH is 7. The van der Waals surface area contributed by atoms with Crippen LogP contribution in [0.3, 0.4) is 0 Å². The molecular weight excluding hydrogens is 789 g/mol. The Bertz CT molecular complexity index is 1240. The van der Waals surface area contributed by atoms with Crippen LogP contribution < -0.4 is 0 Å². The average Bonchev–Trinajstić information content (AvgIpc) is 3.25. The van der Waals surface area contributed by atoms with E-state index >= 15 is 0 Å². The van der Waals surface area contributed by atoms with Crippen molar-refractivity contribution in [2.45, 2.75) is 197 Å². The van der Waals surface area contributed by atoms with Crippen LogP contribution in [0.25, 0.3) is 0 Å². The highest BCUT2D eigenvalue weighted by Crippen LogP contribution is 2.26. The summed E-state index contributed by atoms with van der Waals surface area (Å²) >= 11 is 0. The van der Waals surface area contributed by atoms with E-state index in [0.717, 1.165) is 89.9 Å². The summed E-state index contributed by atoms with van der Waals surface area (Å²) in [7, 11) is 0. The monoisotopic (exact) mass is 869 g/mol. The van der Waals surface area contributed by atoms with Crippen LogP contribution in [0.1, 0.15) is 129 Å². The average molecular weight is 869 g/mol. The summed E-state index contributed by atoms with van der Waals surface area (Å²) in [6, 6.07) is 0. The quantitative estimate of drug-likeness (QED) is 0.0245. The molecule has 0 saturated carbocycles. The zero-order valence-corrected chi connectivity index (χ0v) is 36.9. The lowest BCUT2D eigenvalue weighted by Gasteiger charge is -2.42. The summed E-state index contributed by atoms with van der Waals surface area (Å²) < 4.78 is 34.1. The van der Waals surface area contributed by atoms with E-state index < -0.39 is 86.7 Å². The highest BCUT2D eigenvalue weighted by Gasteiger charge is 2.47. The fraction of sp³-hybridized carbons (Fsp3) is 0.766. The van der Waals surface area contributed by atoms with Gasteiger partial charge >= 0.3 is 5.97 Å². The number of allylic oxidation sites excluding steroid dienone is 10. The summed E-state index contributed by atoms with van der Waals surface area (Å²) in [5, 5.41) is 71.9. The van der Waals surface area contributed by atoms with E-state index in [1.54, 1.807) is 0 Å². The molecule has 2 fully saturated rings. The van der Waals surface area contributed by atoms with Crippen molar-refractivity contribution in [1.82, 2.24) is 0 Å². The van der Waals surface area contributed by atoms with Gasteiger partial charge < -0.3 is 64.2 Å². The normalized spacial score (nSPS) is 28.0. The van der Waals surface area contributed by atoms with Gasteiger partial charge in [0, 0.05) is 13.0 Å². The number of ether oxygens (including phenoxy) is 6. The third-order valence-electron chi connectivity index (χ3n) is 10.5. The molecule has 0 aromatic rings. The second kappa shape index (κ2) is 35.1. The Kier molecular flexibility index (Phi) is 31.5. The van der Waals surface area contributed by atoms with E-state index in [9.17, 15) is 40.5 Å². The standard InChI is InChI=1S/C47H80O14/c1-3-5-7-9-11-13-15-16-17-18-19-21-23-25-27-29-31-56-33-36(59-39(49)30-28-26-24-22-20-14-12-10-8-6-4-2)34-57-46-45(55)43(53)41(51)38(61-46)35-58-47-44(54)42(52)40(50)37(32-48)60-47/h5,7,10-13,16-17,19,21,36-38,40-48,50-55H,3-4,6,8-9,14-15,18,20,22-35H2,1-2H3/b7-5-,12-10-,13-11-,17-16-,21-19-. The van der Waals surface area contributed by atoms with Gasteiger partial charge in [0.05, 0.1) is 26.4 Å². The molecule has 11 unspecified atom stereocenters. The van der Waals surface area contributed by atoms with Gasteiger partial charge in [-0.25, -0.2) is 0 Å². The molecule has 2 heterocycles. The third kappa shape index (κ3) is 23.8. The van der Waals surface area contributed by atoms with Crippen LogP contribution in [0.2, 0.25) is 0 Å². The Balaban J connectivity index is 1.83. The lowest BCUT2D eigenvalue weighted by Crippen LogP contribution is -2.61. The fourth-order valence-electron chi connectivity index (χ4n) is 6.72. The van der Waals surface area contributed by atoms with Gasteiger partial charge in [-0.05, 0) is 70.6 Å². The number of aliphatic hydroxyl groups is 7. The SMILES string of the molecule is CC/C=C\C/C=C\C/C=C\C/C=C\CCCCCOCC(COC1OC(COC2OC(CO)C(O)C(O)C2O)C(O)C(O)C1O)OC(=O)CCCCCCC/C=C\CCCC. The zero-order valence-electron chi connectivity index (χ0n) is 36.9. The molecule has 0 bridgehead atoms. The van der Waals surface area contributed by atoms with E-state index in [4.69, 9.17) is 28.4 Å². The van der Waals surface area contributed by atoms with Crippen LogP contribution in [0.15, 0.2) is 60.8 Å². The Morgan fingerprint density at radius 2 is 1.07 bits per heavy atom. The summed E-state index contributed by atoms with van der Waals surface area (Å²) in [5.41, 5.74) is 0. The van der Waals surface area contributed by atoms with Crippen molar-refractivity contribution < 1.29 is 69.0 Å². The van der Waals surface area contributed by atoms with Crippen LogP contribution in [-0.4, -0.2) is 142 Å². The predicted molar refractivity (Wildman–Crippen MR) is 233 cm³/mol. The number of rotatable bonds is 34. The highest BCUT2D eigenvalue weighted by atomic mass is 16.7. The molecule has 2 aliphatic rings. The van der Waals surface area contributed by atoms with E-state index in [1.165, 1.54) is 12.8 Å². The van der Waals surface area contributed by atoms with E-state index in [0.29, 0.717) is 13.0 Å². The van der Waals surface area contributed by atoms with Crippen LogP contribution in [0.4, 0.5) is 0 Å². The van der Waals surface area contributed by atoms with Crippen LogP contribution in [0.5, 0.6) is 0 Å². The second-order valence-electron chi connectivity index (χ2n) is 15.8. The summed E-state index contributed by atoms with van der Waals surface area (Å²) in [4.78, 5) is 12.9. The summed E-state index contributed by atoms with van der Waals surface area (Å²) in [6.07, 6.45) is 23.0. The Labute approximate surface area is 364 Å². The fourth-order valence-corrected chi connectivity index (χ4v) is 6.72. The topological polar surface area (TPSA) is 214 Å². The minimum atomic E-state index is -1.71. The first-order valence-electron chi connectivity index (χ1n) is 22.9. The molecule has 61 heavy (non-hydrogen) atoms. The Morgan fingerprint density at radius 1 is 0.557 bits per heavy atom. The van der Waals surface area contributed by atoms with E-state index in [-0.39, 0.29) is 19.6 Å². The van der Waals surface area contributed by atoms with E-state index in [2.05, 4.69) is 74.6 Å². The molecule has 7 N–H and O–H groups in total. The number of carbonyl (C=O) groups excluding carboxylic acids is 1. The molecule has 2 rings (SSSR count). The molecule has 0 amide bonds. The smallest absolute Gasteiger partial charge is 0.306 e. The molecule has 14 heteroatoms. The third-order valence-corrected chi connectivity index (χ3v) is 10.5. The van der Waals surface area contributed by atoms with Crippen molar-refractivity contribution >= 4 is 5.97 Å². The molecule has 2 saturated heterocycles. The first kappa shape index (κ1) is 54.8. The largest absolute Gasteiger partial charge is 0.457 e. The van der Waals surface area contributed by atoms with Gasteiger partial charge in [0.15, 0.2) is 12.6 Å². The molecule has 0 radical (unpaired) electrons. The van der Waals surface area contributed by atoms with Crippen molar-refractivity contribution in [3.05, 3.63) is 60.8 Å². The van der Waals surface area contributed by atoms with Gasteiger partial charge in [-0.15, -0.1) is 0 Å². The van der Waals surface area contributed by atoms with Crippen LogP contribution in [-0.2, 0) is 33.2 Å². The van der Waals surface area contributed by atoms with Gasteiger partial charge in [0.1, 0.15) is 54.9 Å². The van der Waals surface area contributed by atoms with Gasteiger partial charge in [0.2, 0.25) is 0 Å². The van der Waals surface area contributed by atoms with Crippen LogP contribution in [0, 0.1) is 0 Å². The van der Waals surface area contributed by atoms with Crippen LogP contribution >= 0.6 is 0 Å². The first-order chi connectivity index (χ1) is 29.6. The second-order valence-corrected chi connectivity index (χ2v) is 15.8. The van der Waals surface area contributed by atoms with Crippen molar-refractivity contribution in [1.29, 1.82) is 0 Å².